The number of rotatable bonds is 4. The average molecular weight is 301 g/mol. The van der Waals surface area contributed by atoms with Crippen LogP contribution in [0.1, 0.15) is 32.1 Å². The molecule has 0 aromatic heterocycles. The first-order valence-corrected chi connectivity index (χ1v) is 7.92. The van der Waals surface area contributed by atoms with Crippen LogP contribution in [0.5, 0.6) is 0 Å². The van der Waals surface area contributed by atoms with Gasteiger partial charge >= 0.3 is 0 Å². The minimum absolute atomic E-state index is 0.0318. The molecule has 5 nitrogen and oxygen atoms in total. The Morgan fingerprint density at radius 1 is 1.18 bits per heavy atom. The molecule has 1 N–H and O–H groups in total. The van der Waals surface area contributed by atoms with Gasteiger partial charge in [0, 0.05) is 38.4 Å². The van der Waals surface area contributed by atoms with Gasteiger partial charge in [0.15, 0.2) is 0 Å². The maximum absolute atomic E-state index is 12.8. The number of carbonyl (C=O) groups excluding carboxylic acids is 2. The summed E-state index contributed by atoms with van der Waals surface area (Å²) in [6, 6.07) is 7.78. The van der Waals surface area contributed by atoms with Crippen molar-refractivity contribution in [1.82, 2.24) is 4.90 Å². The SMILES string of the molecule is CN(C)c1ccc(NC(=O)C2(N3CCC3=O)CCCC2)cc1. The molecular formula is C17H23N3O2. The molecule has 2 amide bonds. The summed E-state index contributed by atoms with van der Waals surface area (Å²) in [5, 5.41) is 3.01. The second-order valence-corrected chi connectivity index (χ2v) is 6.43. The van der Waals surface area contributed by atoms with Crippen LogP contribution in [0.2, 0.25) is 0 Å². The van der Waals surface area contributed by atoms with E-state index >= 15 is 0 Å². The molecule has 2 fully saturated rings. The Kier molecular flexibility index (Phi) is 3.81. The maximum atomic E-state index is 12.8. The molecule has 0 bridgehead atoms. The van der Waals surface area contributed by atoms with E-state index in [1.807, 2.05) is 43.3 Å². The molecule has 3 rings (SSSR count). The molecular weight excluding hydrogens is 278 g/mol. The summed E-state index contributed by atoms with van der Waals surface area (Å²) in [7, 11) is 3.97. The van der Waals surface area contributed by atoms with Crippen LogP contribution in [-0.4, -0.2) is 42.9 Å². The highest BCUT2D eigenvalue weighted by molar-refractivity contribution is 6.01. The van der Waals surface area contributed by atoms with Gasteiger partial charge in [-0.3, -0.25) is 9.59 Å². The van der Waals surface area contributed by atoms with E-state index in [9.17, 15) is 9.59 Å². The number of likely N-dealkylation sites (tertiary alicyclic amines) is 1. The van der Waals surface area contributed by atoms with Gasteiger partial charge in [-0.1, -0.05) is 12.8 Å². The van der Waals surface area contributed by atoms with Crippen LogP contribution in [0.25, 0.3) is 0 Å². The number of anilines is 2. The molecule has 2 aliphatic rings. The van der Waals surface area contributed by atoms with E-state index in [-0.39, 0.29) is 11.8 Å². The third-order valence-electron chi connectivity index (χ3n) is 4.86. The van der Waals surface area contributed by atoms with Crippen LogP contribution >= 0.6 is 0 Å². The number of hydrogen-bond acceptors (Lipinski definition) is 3. The van der Waals surface area contributed by atoms with Gasteiger partial charge < -0.3 is 15.1 Å². The summed E-state index contributed by atoms with van der Waals surface area (Å²) in [5.41, 5.74) is 1.26. The van der Waals surface area contributed by atoms with Gasteiger partial charge in [0.25, 0.3) is 0 Å². The number of nitrogens with zero attached hydrogens (tertiary/aromatic N) is 2. The van der Waals surface area contributed by atoms with E-state index in [1.54, 1.807) is 4.90 Å². The highest BCUT2D eigenvalue weighted by Gasteiger charge is 2.51. The predicted octanol–water partition coefficient (Wildman–Crippen LogP) is 2.24. The quantitative estimate of drug-likeness (QED) is 0.868. The van der Waals surface area contributed by atoms with Gasteiger partial charge in [-0.15, -0.1) is 0 Å². The lowest BCUT2D eigenvalue weighted by molar-refractivity contribution is -0.154. The van der Waals surface area contributed by atoms with E-state index in [4.69, 9.17) is 0 Å². The smallest absolute Gasteiger partial charge is 0.250 e. The van der Waals surface area contributed by atoms with Gasteiger partial charge in [0.2, 0.25) is 11.8 Å². The highest BCUT2D eigenvalue weighted by atomic mass is 16.2. The molecule has 0 unspecified atom stereocenters. The van der Waals surface area contributed by atoms with Crippen molar-refractivity contribution in [1.29, 1.82) is 0 Å². The van der Waals surface area contributed by atoms with Gasteiger partial charge in [0.1, 0.15) is 5.54 Å². The molecule has 1 aromatic rings. The molecule has 1 saturated heterocycles. The van der Waals surface area contributed by atoms with Crippen LogP contribution < -0.4 is 10.2 Å². The molecule has 0 atom stereocenters. The summed E-state index contributed by atoms with van der Waals surface area (Å²) in [4.78, 5) is 28.5. The van der Waals surface area contributed by atoms with Crippen molar-refractivity contribution in [2.45, 2.75) is 37.6 Å². The van der Waals surface area contributed by atoms with Crippen LogP contribution in [0.3, 0.4) is 0 Å². The topological polar surface area (TPSA) is 52.7 Å². The molecule has 0 radical (unpaired) electrons. The Bertz CT molecular complexity index is 574. The van der Waals surface area contributed by atoms with Crippen molar-refractivity contribution >= 4 is 23.2 Å². The normalized spacial score (nSPS) is 19.7. The third kappa shape index (κ3) is 2.45. The van der Waals surface area contributed by atoms with Gasteiger partial charge in [0.05, 0.1) is 0 Å². The van der Waals surface area contributed by atoms with Crippen LogP contribution in [0.15, 0.2) is 24.3 Å². The van der Waals surface area contributed by atoms with E-state index in [2.05, 4.69) is 5.32 Å². The summed E-state index contributed by atoms with van der Waals surface area (Å²) in [5.74, 6) is 0.0793. The molecule has 0 spiro atoms. The number of hydrogen-bond donors (Lipinski definition) is 1. The number of benzene rings is 1. The zero-order chi connectivity index (χ0) is 15.7. The van der Waals surface area contributed by atoms with Crippen molar-refractivity contribution in [3.63, 3.8) is 0 Å². The molecule has 1 aliphatic carbocycles. The second kappa shape index (κ2) is 5.63. The van der Waals surface area contributed by atoms with Gasteiger partial charge in [-0.25, -0.2) is 0 Å². The van der Waals surface area contributed by atoms with E-state index in [1.165, 1.54) is 0 Å². The van der Waals surface area contributed by atoms with Crippen LogP contribution in [0, 0.1) is 0 Å². The zero-order valence-corrected chi connectivity index (χ0v) is 13.3. The zero-order valence-electron chi connectivity index (χ0n) is 13.3. The Morgan fingerprint density at radius 3 is 2.27 bits per heavy atom. The maximum Gasteiger partial charge on any atom is 0.250 e. The first-order valence-electron chi connectivity index (χ1n) is 7.92. The Morgan fingerprint density at radius 2 is 1.82 bits per heavy atom. The first-order chi connectivity index (χ1) is 10.5. The Balaban J connectivity index is 1.75. The minimum Gasteiger partial charge on any atom is -0.378 e. The van der Waals surface area contributed by atoms with Crippen LogP contribution in [0.4, 0.5) is 11.4 Å². The Hall–Kier alpha value is -2.04. The summed E-state index contributed by atoms with van der Waals surface area (Å²) < 4.78 is 0. The van der Waals surface area contributed by atoms with Crippen molar-refractivity contribution in [3.8, 4) is 0 Å². The fourth-order valence-electron chi connectivity index (χ4n) is 3.44. The lowest BCUT2D eigenvalue weighted by Crippen LogP contribution is -2.62. The largest absolute Gasteiger partial charge is 0.378 e. The van der Waals surface area contributed by atoms with E-state index < -0.39 is 5.54 Å². The average Bonchev–Trinajstić information content (AvgIpc) is 2.96. The van der Waals surface area contributed by atoms with E-state index in [0.717, 1.165) is 37.1 Å². The number of β-lactam (4-membered cyclic amide) rings is 1. The molecule has 5 heteroatoms. The fourth-order valence-corrected chi connectivity index (χ4v) is 3.44. The lowest BCUT2D eigenvalue weighted by Gasteiger charge is -2.45. The van der Waals surface area contributed by atoms with Crippen molar-refractivity contribution < 1.29 is 9.59 Å². The van der Waals surface area contributed by atoms with Crippen molar-refractivity contribution in [2.75, 3.05) is 30.9 Å². The molecule has 1 heterocycles. The molecule has 118 valence electrons. The molecule has 1 aromatic carbocycles. The molecule has 1 aliphatic heterocycles. The van der Waals surface area contributed by atoms with Crippen LogP contribution in [-0.2, 0) is 9.59 Å². The standard InChI is InChI=1S/C17H23N3O2/c1-19(2)14-7-5-13(6-8-14)18-16(22)17(10-3-4-11-17)20-12-9-15(20)21/h5-8H,3-4,9-12H2,1-2H3,(H,18,22). The fraction of sp³-hybridized carbons (Fsp3) is 0.529. The minimum atomic E-state index is -0.616. The third-order valence-corrected chi connectivity index (χ3v) is 4.86. The molecule has 1 saturated carbocycles. The second-order valence-electron chi connectivity index (χ2n) is 6.43. The first kappa shape index (κ1) is 14.9. The number of amides is 2. The van der Waals surface area contributed by atoms with Crippen molar-refractivity contribution in [2.24, 2.45) is 0 Å². The van der Waals surface area contributed by atoms with Gasteiger partial charge in [-0.2, -0.15) is 0 Å². The van der Waals surface area contributed by atoms with Crippen molar-refractivity contribution in [3.05, 3.63) is 24.3 Å². The number of nitrogens with one attached hydrogen (secondary N) is 1. The Labute approximate surface area is 131 Å². The summed E-state index contributed by atoms with van der Waals surface area (Å²) in [6.45, 7) is 0.714. The summed E-state index contributed by atoms with van der Waals surface area (Å²) >= 11 is 0. The monoisotopic (exact) mass is 301 g/mol. The van der Waals surface area contributed by atoms with E-state index in [0.29, 0.717) is 13.0 Å². The summed E-state index contributed by atoms with van der Waals surface area (Å²) in [6.07, 6.45) is 4.15. The van der Waals surface area contributed by atoms with Gasteiger partial charge in [-0.05, 0) is 37.1 Å². The molecule has 22 heavy (non-hydrogen) atoms. The highest BCUT2D eigenvalue weighted by Crippen LogP contribution is 2.39. The predicted molar refractivity (Wildman–Crippen MR) is 86.9 cm³/mol. The lowest BCUT2D eigenvalue weighted by atomic mass is 9.90. The number of carbonyl (C=O) groups is 2.